The van der Waals surface area contributed by atoms with Crippen molar-refractivity contribution in [3.8, 4) is 11.3 Å². The van der Waals surface area contributed by atoms with Crippen molar-refractivity contribution in [1.29, 1.82) is 0 Å². The van der Waals surface area contributed by atoms with Crippen molar-refractivity contribution >= 4 is 10.8 Å². The molecule has 2 aliphatic rings. The molecule has 0 saturated heterocycles. The van der Waals surface area contributed by atoms with E-state index in [9.17, 15) is 10.2 Å². The van der Waals surface area contributed by atoms with E-state index in [2.05, 4.69) is 76.0 Å². The molecule has 4 unspecified atom stereocenters. The van der Waals surface area contributed by atoms with Crippen molar-refractivity contribution in [3.63, 3.8) is 0 Å². The Kier molecular flexibility index (Phi) is 9.68. The Morgan fingerprint density at radius 1 is 0.971 bits per heavy atom. The van der Waals surface area contributed by atoms with Crippen LogP contribution in [0.15, 0.2) is 54.7 Å². The molecule has 5 rings (SSSR count). The first kappa shape index (κ1) is 28.0. The van der Waals surface area contributed by atoms with Crippen LogP contribution in [0.1, 0.15) is 65.4 Å². The van der Waals surface area contributed by atoms with Crippen LogP contribution in [0.25, 0.3) is 22.0 Å². The van der Waals surface area contributed by atoms with Gasteiger partial charge < -0.3 is 15.2 Å². The molecule has 4 heteroatoms. The second-order valence-corrected chi connectivity index (χ2v) is 11.1. The second kappa shape index (κ2) is 12.1. The molecule has 2 aliphatic carbocycles. The minimum atomic E-state index is -0.275. The third-order valence-electron chi connectivity index (χ3n) is 8.20. The van der Waals surface area contributed by atoms with E-state index in [0.717, 1.165) is 24.1 Å². The maximum atomic E-state index is 10.3. The standard InChI is InChI=1S/C18H16N.C13H24O2.Ir/c1-13(2)15-8-9-17-16(12-15)10-11-19-18(17)14-6-4-3-5-7-14;1-7(2)10-6-9-5-4-8(3)12(14)11(9)13(10)15;/h3-6,8-13H,1-2H3;7-15H,4-6H2,1-3H3;/q-1;;/t;8-,9?,10+,11?,12?,13?;/m.0./s1. The number of fused-ring (bicyclic) bond motifs is 2. The van der Waals surface area contributed by atoms with Crippen LogP contribution in [0.2, 0.25) is 0 Å². The number of aromatic nitrogens is 1. The number of aliphatic hydroxyl groups is 2. The van der Waals surface area contributed by atoms with Gasteiger partial charge in [-0.25, -0.2) is 0 Å². The van der Waals surface area contributed by atoms with Crippen LogP contribution in [0.3, 0.4) is 0 Å². The van der Waals surface area contributed by atoms with Crippen LogP contribution in [-0.4, -0.2) is 27.4 Å². The molecular formula is C31H40IrNO2-. The minimum Gasteiger partial charge on any atom is -0.392 e. The number of hydrogen-bond acceptors (Lipinski definition) is 3. The summed E-state index contributed by atoms with van der Waals surface area (Å²) in [5.74, 6) is 2.57. The van der Waals surface area contributed by atoms with Crippen molar-refractivity contribution in [2.24, 2.45) is 29.6 Å². The SMILES string of the molecule is CC(C)[C@H]1CC2CC[C@H](C)C(O)C2C1O.CC(C)c1ccc2c(-c3[c-]cccc3)nccc2c1.[Ir]. The van der Waals surface area contributed by atoms with Crippen LogP contribution >= 0.6 is 0 Å². The summed E-state index contributed by atoms with van der Waals surface area (Å²) in [6.07, 6.45) is 4.77. The van der Waals surface area contributed by atoms with Crippen LogP contribution < -0.4 is 0 Å². The molecule has 2 aromatic carbocycles. The summed E-state index contributed by atoms with van der Waals surface area (Å²) in [5, 5.41) is 22.9. The first-order valence-corrected chi connectivity index (χ1v) is 13.0. The van der Waals surface area contributed by atoms with E-state index in [-0.39, 0.29) is 38.2 Å². The van der Waals surface area contributed by atoms with Gasteiger partial charge in [0.2, 0.25) is 0 Å². The molecule has 0 spiro atoms. The van der Waals surface area contributed by atoms with Gasteiger partial charge in [0.1, 0.15) is 0 Å². The third kappa shape index (κ3) is 6.05. The molecule has 3 nitrogen and oxygen atoms in total. The predicted octanol–water partition coefficient (Wildman–Crippen LogP) is 6.87. The number of rotatable bonds is 3. The Balaban J connectivity index is 0.000000195. The molecule has 2 fully saturated rings. The van der Waals surface area contributed by atoms with E-state index in [1.54, 1.807) is 0 Å². The molecule has 35 heavy (non-hydrogen) atoms. The molecule has 1 radical (unpaired) electrons. The predicted molar refractivity (Wildman–Crippen MR) is 140 cm³/mol. The van der Waals surface area contributed by atoms with Gasteiger partial charge in [0, 0.05) is 32.2 Å². The number of benzene rings is 2. The maximum absolute atomic E-state index is 10.3. The van der Waals surface area contributed by atoms with Gasteiger partial charge in [-0.3, -0.25) is 0 Å². The van der Waals surface area contributed by atoms with Gasteiger partial charge in [-0.1, -0.05) is 52.8 Å². The molecule has 2 N–H and O–H groups in total. The molecule has 3 aromatic rings. The summed E-state index contributed by atoms with van der Waals surface area (Å²) in [4.78, 5) is 4.52. The summed E-state index contributed by atoms with van der Waals surface area (Å²) in [7, 11) is 0. The normalized spacial score (nSPS) is 27.8. The van der Waals surface area contributed by atoms with Gasteiger partial charge in [0.15, 0.2) is 0 Å². The van der Waals surface area contributed by atoms with Gasteiger partial charge >= 0.3 is 0 Å². The van der Waals surface area contributed by atoms with Crippen molar-refractivity contribution in [3.05, 3.63) is 66.4 Å². The Labute approximate surface area is 224 Å². The van der Waals surface area contributed by atoms with E-state index in [1.807, 2.05) is 24.4 Å². The van der Waals surface area contributed by atoms with Crippen LogP contribution in [0.4, 0.5) is 0 Å². The Bertz CT molecular complexity index is 1080. The van der Waals surface area contributed by atoms with Crippen LogP contribution in [0, 0.1) is 35.7 Å². The largest absolute Gasteiger partial charge is 0.392 e. The summed E-state index contributed by atoms with van der Waals surface area (Å²) in [5.41, 5.74) is 3.42. The van der Waals surface area contributed by atoms with Crippen LogP contribution in [0.5, 0.6) is 0 Å². The van der Waals surface area contributed by atoms with Crippen molar-refractivity contribution < 1.29 is 30.3 Å². The molecule has 191 valence electrons. The average Bonchev–Trinajstić information content (AvgIpc) is 3.19. The Hall–Kier alpha value is -1.58. The number of nitrogens with zero attached hydrogens (tertiary/aromatic N) is 1. The monoisotopic (exact) mass is 651 g/mol. The number of hydrogen-bond donors (Lipinski definition) is 2. The van der Waals surface area contributed by atoms with Crippen molar-refractivity contribution in [1.82, 2.24) is 4.98 Å². The molecule has 2 saturated carbocycles. The zero-order valence-corrected chi connectivity index (χ0v) is 24.0. The van der Waals surface area contributed by atoms with Gasteiger partial charge in [0.25, 0.3) is 0 Å². The molecule has 0 aliphatic heterocycles. The molecule has 1 heterocycles. The zero-order valence-electron chi connectivity index (χ0n) is 21.6. The fraction of sp³-hybridized carbons (Fsp3) is 0.516. The van der Waals surface area contributed by atoms with Gasteiger partial charge in [-0.15, -0.1) is 35.9 Å². The number of aliphatic hydroxyl groups excluding tert-OH is 2. The Morgan fingerprint density at radius 3 is 2.40 bits per heavy atom. The van der Waals surface area contributed by atoms with Crippen molar-refractivity contribution in [2.75, 3.05) is 0 Å². The average molecular weight is 651 g/mol. The maximum Gasteiger partial charge on any atom is 0.0626 e. The molecular weight excluding hydrogens is 611 g/mol. The smallest absolute Gasteiger partial charge is 0.0626 e. The summed E-state index contributed by atoms with van der Waals surface area (Å²) >= 11 is 0. The molecule has 6 atom stereocenters. The zero-order chi connectivity index (χ0) is 24.4. The fourth-order valence-corrected chi connectivity index (χ4v) is 6.01. The fourth-order valence-electron chi connectivity index (χ4n) is 6.01. The summed E-state index contributed by atoms with van der Waals surface area (Å²) in [6.45, 7) is 10.9. The number of pyridine rings is 1. The topological polar surface area (TPSA) is 53.4 Å². The second-order valence-electron chi connectivity index (χ2n) is 11.1. The van der Waals surface area contributed by atoms with E-state index in [0.29, 0.717) is 29.6 Å². The Morgan fingerprint density at radius 2 is 1.74 bits per heavy atom. The van der Waals surface area contributed by atoms with Gasteiger partial charge in [0.05, 0.1) is 12.2 Å². The van der Waals surface area contributed by atoms with E-state index in [4.69, 9.17) is 0 Å². The van der Waals surface area contributed by atoms with Gasteiger partial charge in [-0.2, -0.15) is 0 Å². The van der Waals surface area contributed by atoms with Crippen LogP contribution in [-0.2, 0) is 20.1 Å². The summed E-state index contributed by atoms with van der Waals surface area (Å²) < 4.78 is 0. The first-order chi connectivity index (χ1) is 16.3. The minimum absolute atomic E-state index is 0. The molecule has 0 amide bonds. The third-order valence-corrected chi connectivity index (χ3v) is 8.20. The summed E-state index contributed by atoms with van der Waals surface area (Å²) in [6, 6.07) is 19.9. The quantitative estimate of drug-likeness (QED) is 0.305. The van der Waals surface area contributed by atoms with E-state index in [1.165, 1.54) is 22.8 Å². The molecule has 0 bridgehead atoms. The van der Waals surface area contributed by atoms with E-state index < -0.39 is 0 Å². The first-order valence-electron chi connectivity index (χ1n) is 13.0. The van der Waals surface area contributed by atoms with Gasteiger partial charge in [-0.05, 0) is 76.9 Å². The van der Waals surface area contributed by atoms with Crippen molar-refractivity contribution in [2.45, 2.75) is 72.0 Å². The van der Waals surface area contributed by atoms with E-state index >= 15 is 0 Å². The molecule has 1 aromatic heterocycles.